The van der Waals surface area contributed by atoms with Crippen molar-refractivity contribution in [3.8, 4) is 29.2 Å². The van der Waals surface area contributed by atoms with E-state index < -0.39 is 60.1 Å². The van der Waals surface area contributed by atoms with Crippen molar-refractivity contribution < 1.29 is 46.8 Å². The second kappa shape index (κ2) is 13.0. The molecule has 0 saturated heterocycles. The van der Waals surface area contributed by atoms with Gasteiger partial charge in [0.15, 0.2) is 17.6 Å². The first-order valence-corrected chi connectivity index (χ1v) is 11.2. The van der Waals surface area contributed by atoms with Crippen molar-refractivity contribution in [3.05, 3.63) is 77.2 Å². The van der Waals surface area contributed by atoms with Crippen molar-refractivity contribution in [1.29, 1.82) is 5.26 Å². The van der Waals surface area contributed by atoms with Gasteiger partial charge in [-0.2, -0.15) is 23.4 Å². The molecule has 3 rings (SSSR count). The zero-order valence-corrected chi connectivity index (χ0v) is 19.9. The lowest BCUT2D eigenvalue weighted by Crippen LogP contribution is -2.31. The van der Waals surface area contributed by atoms with Crippen molar-refractivity contribution in [1.82, 2.24) is 4.98 Å². The molecule has 38 heavy (non-hydrogen) atoms. The van der Waals surface area contributed by atoms with E-state index >= 15 is 4.39 Å². The van der Waals surface area contributed by atoms with Crippen LogP contribution in [0.25, 0.3) is 0 Å². The van der Waals surface area contributed by atoms with E-state index in [0.29, 0.717) is 0 Å². The van der Waals surface area contributed by atoms with Gasteiger partial charge in [-0.3, -0.25) is 4.79 Å². The zero-order valence-electron chi connectivity index (χ0n) is 19.9. The van der Waals surface area contributed by atoms with Crippen LogP contribution >= 0.6 is 0 Å². The van der Waals surface area contributed by atoms with Crippen LogP contribution in [-0.2, 0) is 20.9 Å². The molecular weight excluding hydrogens is 509 g/mol. The fraction of sp³-hybridized carbons (Fsp3) is 0.231. The van der Waals surface area contributed by atoms with Crippen LogP contribution in [-0.4, -0.2) is 34.7 Å². The second-order valence-corrected chi connectivity index (χ2v) is 7.61. The van der Waals surface area contributed by atoms with Crippen LogP contribution < -0.4 is 14.2 Å². The van der Waals surface area contributed by atoms with E-state index in [0.717, 1.165) is 5.56 Å². The normalized spacial score (nSPS) is 11.2. The molecule has 0 saturated carbocycles. The molecule has 1 heterocycles. The highest BCUT2D eigenvalue weighted by atomic mass is 19.2. The average molecular weight is 530 g/mol. The van der Waals surface area contributed by atoms with E-state index in [1.165, 1.54) is 25.1 Å². The molecule has 0 bridgehead atoms. The first-order valence-electron chi connectivity index (χ1n) is 11.2. The van der Waals surface area contributed by atoms with E-state index in [-0.39, 0.29) is 30.3 Å². The van der Waals surface area contributed by atoms with Gasteiger partial charge < -0.3 is 24.1 Å². The molecule has 0 aliphatic rings. The monoisotopic (exact) mass is 530 g/mol. The number of nitrogens with zero attached hydrogens (tertiary/aromatic N) is 2. The topological polar surface area (TPSA) is 128 Å². The number of ether oxygens (including phenoxy) is 4. The molecule has 0 aliphatic carbocycles. The van der Waals surface area contributed by atoms with Gasteiger partial charge in [-0.25, -0.2) is 4.79 Å². The highest BCUT2D eigenvalue weighted by Crippen LogP contribution is 2.37. The smallest absolute Gasteiger partial charge is 0.347 e. The maximum absolute atomic E-state index is 15.3. The number of aliphatic carboxylic acids is 1. The molecule has 2 aromatic carbocycles. The second-order valence-electron chi connectivity index (χ2n) is 7.61. The van der Waals surface area contributed by atoms with Gasteiger partial charge >= 0.3 is 11.9 Å². The standard InChI is InChI=1S/C26H21F3N2O7/c1-2-35-26(34)18(10-11-20(32)33)37-23-21(27)24(29)31-25(22(23)28)38-19-12-16(13-30)8-9-17(19)36-14-15-6-4-3-5-7-15/h3-9,12,18H,2,10-11,14H2,1H3,(H,32,33). The fourth-order valence-corrected chi connectivity index (χ4v) is 3.12. The molecule has 9 nitrogen and oxygen atoms in total. The van der Waals surface area contributed by atoms with E-state index in [9.17, 15) is 23.6 Å². The number of benzene rings is 2. The summed E-state index contributed by atoms with van der Waals surface area (Å²) in [5, 5.41) is 18.1. The van der Waals surface area contributed by atoms with Gasteiger partial charge in [0, 0.05) is 18.9 Å². The van der Waals surface area contributed by atoms with Gasteiger partial charge in [0.1, 0.15) is 6.61 Å². The molecule has 0 amide bonds. The highest BCUT2D eigenvalue weighted by Gasteiger charge is 2.30. The number of rotatable bonds is 12. The molecule has 198 valence electrons. The van der Waals surface area contributed by atoms with E-state index in [1.807, 2.05) is 12.1 Å². The summed E-state index contributed by atoms with van der Waals surface area (Å²) in [6.07, 6.45) is -2.89. The Bertz CT molecular complexity index is 1350. The summed E-state index contributed by atoms with van der Waals surface area (Å²) in [6.45, 7) is 1.39. The lowest BCUT2D eigenvalue weighted by molar-refractivity contribution is -0.152. The van der Waals surface area contributed by atoms with Crippen molar-refractivity contribution in [2.45, 2.75) is 32.5 Å². The Labute approximate surface area is 215 Å². The summed E-state index contributed by atoms with van der Waals surface area (Å²) in [5.41, 5.74) is 0.865. The molecule has 0 fully saturated rings. The molecule has 3 aromatic rings. The van der Waals surface area contributed by atoms with Crippen molar-refractivity contribution in [2.75, 3.05) is 6.61 Å². The number of hydrogen-bond donors (Lipinski definition) is 1. The van der Waals surface area contributed by atoms with Gasteiger partial charge in [0.2, 0.25) is 17.4 Å². The minimum absolute atomic E-state index is 0.0344. The Morgan fingerprint density at radius 3 is 2.47 bits per heavy atom. The molecule has 0 spiro atoms. The Morgan fingerprint density at radius 2 is 1.82 bits per heavy atom. The van der Waals surface area contributed by atoms with Gasteiger partial charge in [-0.15, -0.1) is 0 Å². The zero-order chi connectivity index (χ0) is 27.7. The quantitative estimate of drug-likeness (QED) is 0.256. The SMILES string of the molecule is CCOC(=O)C(CCC(=O)O)Oc1c(F)c(F)nc(Oc2cc(C#N)ccc2OCc2ccccc2)c1F. The third-order valence-corrected chi connectivity index (χ3v) is 4.91. The largest absolute Gasteiger partial charge is 0.485 e. The van der Waals surface area contributed by atoms with Crippen molar-refractivity contribution in [2.24, 2.45) is 0 Å². The van der Waals surface area contributed by atoms with E-state index in [4.69, 9.17) is 24.1 Å². The first kappa shape index (κ1) is 27.8. The first-order chi connectivity index (χ1) is 18.2. The maximum atomic E-state index is 15.3. The minimum atomic E-state index is -1.87. The number of esters is 1. The summed E-state index contributed by atoms with van der Waals surface area (Å²) in [4.78, 5) is 26.2. The Hall–Kier alpha value is -4.79. The summed E-state index contributed by atoms with van der Waals surface area (Å²) in [6, 6.07) is 14.8. The summed E-state index contributed by atoms with van der Waals surface area (Å²) in [5.74, 6) is -10.4. The van der Waals surface area contributed by atoms with E-state index in [2.05, 4.69) is 4.98 Å². The Morgan fingerprint density at radius 1 is 1.08 bits per heavy atom. The molecule has 0 aliphatic heterocycles. The summed E-state index contributed by atoms with van der Waals surface area (Å²) >= 11 is 0. The van der Waals surface area contributed by atoms with Gasteiger partial charge in [-0.05, 0) is 24.6 Å². The molecular formula is C26H21F3N2O7. The molecule has 1 atom stereocenters. The molecule has 1 aromatic heterocycles. The number of carbonyl (C=O) groups is 2. The third-order valence-electron chi connectivity index (χ3n) is 4.91. The number of carbonyl (C=O) groups excluding carboxylic acids is 1. The molecule has 0 radical (unpaired) electrons. The Balaban J connectivity index is 1.95. The van der Waals surface area contributed by atoms with Gasteiger partial charge in [0.25, 0.3) is 11.8 Å². The number of nitriles is 1. The maximum Gasteiger partial charge on any atom is 0.347 e. The number of aromatic nitrogens is 1. The summed E-state index contributed by atoms with van der Waals surface area (Å²) < 4.78 is 65.0. The number of halogens is 3. The minimum Gasteiger partial charge on any atom is -0.485 e. The van der Waals surface area contributed by atoms with Crippen LogP contribution in [0.2, 0.25) is 0 Å². The van der Waals surface area contributed by atoms with Gasteiger partial charge in [0.05, 0.1) is 18.2 Å². The van der Waals surface area contributed by atoms with Crippen molar-refractivity contribution >= 4 is 11.9 Å². The number of pyridine rings is 1. The fourth-order valence-electron chi connectivity index (χ4n) is 3.12. The lowest BCUT2D eigenvalue weighted by atomic mass is 10.2. The number of carboxylic acids is 1. The predicted octanol–water partition coefficient (Wildman–Crippen LogP) is 4.92. The molecule has 1 unspecified atom stereocenters. The highest BCUT2D eigenvalue weighted by molar-refractivity contribution is 5.76. The number of hydrogen-bond acceptors (Lipinski definition) is 8. The van der Waals surface area contributed by atoms with Crippen LogP contribution in [0.15, 0.2) is 48.5 Å². The van der Waals surface area contributed by atoms with Gasteiger partial charge in [-0.1, -0.05) is 30.3 Å². The van der Waals surface area contributed by atoms with Crippen LogP contribution in [0.1, 0.15) is 30.9 Å². The third kappa shape index (κ3) is 7.13. The lowest BCUT2D eigenvalue weighted by Gasteiger charge is -2.19. The Kier molecular flexibility index (Phi) is 9.48. The van der Waals surface area contributed by atoms with Crippen molar-refractivity contribution in [3.63, 3.8) is 0 Å². The van der Waals surface area contributed by atoms with Crippen LogP contribution in [0, 0.1) is 28.9 Å². The summed E-state index contributed by atoms with van der Waals surface area (Å²) in [7, 11) is 0. The van der Waals surface area contributed by atoms with Crippen LogP contribution in [0.3, 0.4) is 0 Å². The average Bonchev–Trinajstić information content (AvgIpc) is 2.91. The number of carboxylic acid groups (broad SMARTS) is 1. The van der Waals surface area contributed by atoms with E-state index in [1.54, 1.807) is 24.3 Å². The predicted molar refractivity (Wildman–Crippen MR) is 124 cm³/mol. The van der Waals surface area contributed by atoms with Crippen LogP contribution in [0.5, 0.6) is 23.1 Å². The molecule has 1 N–H and O–H groups in total. The molecule has 12 heteroatoms. The van der Waals surface area contributed by atoms with Crippen LogP contribution in [0.4, 0.5) is 13.2 Å².